The van der Waals surface area contributed by atoms with Crippen molar-refractivity contribution in [3.63, 3.8) is 0 Å². The highest BCUT2D eigenvalue weighted by Gasteiger charge is 2.30. The second-order valence-corrected chi connectivity index (χ2v) is 7.54. The highest BCUT2D eigenvalue weighted by molar-refractivity contribution is 6.04. The lowest BCUT2D eigenvalue weighted by atomic mass is 10.1. The van der Waals surface area contributed by atoms with Crippen molar-refractivity contribution in [1.82, 2.24) is 9.55 Å². The first-order chi connectivity index (χ1) is 15.0. The van der Waals surface area contributed by atoms with Crippen molar-refractivity contribution in [2.45, 2.75) is 19.3 Å². The maximum absolute atomic E-state index is 13.2. The van der Waals surface area contributed by atoms with E-state index < -0.39 is 24.2 Å². The highest BCUT2D eigenvalue weighted by atomic mass is 19.1. The zero-order valence-electron chi connectivity index (χ0n) is 16.4. The van der Waals surface area contributed by atoms with Gasteiger partial charge in [-0.15, -0.1) is 0 Å². The SMILES string of the molecule is O=C(O)Cn1c(N2CC(F)C2)ncc(NCc2ccc3oc4ccccc4c3c2)c1=O. The molecule has 0 unspecified atom stereocenters. The van der Waals surface area contributed by atoms with Crippen LogP contribution < -0.4 is 15.8 Å². The van der Waals surface area contributed by atoms with Gasteiger partial charge in [0.2, 0.25) is 5.95 Å². The number of anilines is 2. The number of rotatable bonds is 6. The number of aromatic nitrogens is 2. The standard InChI is InChI=1S/C22H19FN4O4/c23-14-10-26(11-14)22-25-9-17(21(30)27(22)12-20(28)29)24-8-13-5-6-19-16(7-13)15-3-1-2-4-18(15)31-19/h1-7,9,14,24H,8,10-12H2,(H,28,29). The van der Waals surface area contributed by atoms with Crippen molar-refractivity contribution in [1.29, 1.82) is 0 Å². The van der Waals surface area contributed by atoms with Gasteiger partial charge in [-0.05, 0) is 23.8 Å². The average molecular weight is 422 g/mol. The summed E-state index contributed by atoms with van der Waals surface area (Å²) in [4.78, 5) is 29.9. The van der Waals surface area contributed by atoms with Gasteiger partial charge < -0.3 is 19.7 Å². The first kappa shape index (κ1) is 19.1. The Labute approximate surface area is 175 Å². The van der Waals surface area contributed by atoms with E-state index in [0.29, 0.717) is 6.54 Å². The van der Waals surface area contributed by atoms with E-state index >= 15 is 0 Å². The van der Waals surface area contributed by atoms with Gasteiger partial charge in [0.15, 0.2) is 0 Å². The fourth-order valence-electron chi connectivity index (χ4n) is 3.80. The van der Waals surface area contributed by atoms with E-state index in [-0.39, 0.29) is 24.7 Å². The molecule has 2 N–H and O–H groups in total. The molecule has 0 spiro atoms. The minimum atomic E-state index is -1.17. The van der Waals surface area contributed by atoms with Gasteiger partial charge in [-0.1, -0.05) is 24.3 Å². The Morgan fingerprint density at radius 1 is 1.19 bits per heavy atom. The lowest BCUT2D eigenvalue weighted by Crippen LogP contribution is -2.51. The number of halogens is 1. The molecular formula is C22H19FN4O4. The Kier molecular flexibility index (Phi) is 4.58. The second-order valence-electron chi connectivity index (χ2n) is 7.54. The minimum Gasteiger partial charge on any atom is -0.480 e. The van der Waals surface area contributed by atoms with Crippen LogP contribution in [0.5, 0.6) is 0 Å². The summed E-state index contributed by atoms with van der Waals surface area (Å²) < 4.78 is 20.1. The van der Waals surface area contributed by atoms with Gasteiger partial charge in [-0.2, -0.15) is 0 Å². The van der Waals surface area contributed by atoms with E-state index in [9.17, 15) is 19.1 Å². The quantitative estimate of drug-likeness (QED) is 0.493. The molecule has 2 aromatic heterocycles. The minimum absolute atomic E-state index is 0.0947. The number of hydrogen-bond donors (Lipinski definition) is 2. The Morgan fingerprint density at radius 2 is 1.97 bits per heavy atom. The van der Waals surface area contributed by atoms with E-state index in [1.807, 2.05) is 42.5 Å². The number of benzene rings is 2. The molecule has 9 heteroatoms. The van der Waals surface area contributed by atoms with Crippen LogP contribution in [0.3, 0.4) is 0 Å². The zero-order valence-corrected chi connectivity index (χ0v) is 16.4. The van der Waals surface area contributed by atoms with Crippen molar-refractivity contribution >= 4 is 39.5 Å². The first-order valence-corrected chi connectivity index (χ1v) is 9.84. The summed E-state index contributed by atoms with van der Waals surface area (Å²) in [5.74, 6) is -1.00. The van der Waals surface area contributed by atoms with E-state index in [4.69, 9.17) is 4.42 Å². The van der Waals surface area contributed by atoms with Gasteiger partial charge in [-0.25, -0.2) is 9.37 Å². The Hall–Kier alpha value is -3.88. The fourth-order valence-corrected chi connectivity index (χ4v) is 3.80. The number of carboxylic acid groups (broad SMARTS) is 1. The van der Waals surface area contributed by atoms with Crippen molar-refractivity contribution in [3.05, 3.63) is 64.6 Å². The van der Waals surface area contributed by atoms with Crippen LogP contribution >= 0.6 is 0 Å². The molecule has 0 saturated carbocycles. The molecule has 1 fully saturated rings. The van der Waals surface area contributed by atoms with Crippen LogP contribution in [0.2, 0.25) is 0 Å². The lowest BCUT2D eigenvalue weighted by Gasteiger charge is -2.36. The van der Waals surface area contributed by atoms with Gasteiger partial charge >= 0.3 is 5.97 Å². The number of alkyl halides is 1. The highest BCUT2D eigenvalue weighted by Crippen LogP contribution is 2.29. The predicted octanol–water partition coefficient (Wildman–Crippen LogP) is 3.00. The van der Waals surface area contributed by atoms with Crippen molar-refractivity contribution in [2.75, 3.05) is 23.3 Å². The van der Waals surface area contributed by atoms with Crippen LogP contribution in [0, 0.1) is 0 Å². The van der Waals surface area contributed by atoms with Gasteiger partial charge in [0.25, 0.3) is 5.56 Å². The van der Waals surface area contributed by atoms with Crippen LogP contribution in [0.25, 0.3) is 21.9 Å². The third-order valence-corrected chi connectivity index (χ3v) is 5.36. The molecule has 5 rings (SSSR count). The largest absolute Gasteiger partial charge is 0.480 e. The summed E-state index contributed by atoms with van der Waals surface area (Å²) in [6.07, 6.45) is 0.370. The van der Waals surface area contributed by atoms with Crippen LogP contribution in [0.4, 0.5) is 16.0 Å². The Morgan fingerprint density at radius 3 is 2.74 bits per heavy atom. The smallest absolute Gasteiger partial charge is 0.323 e. The van der Waals surface area contributed by atoms with Gasteiger partial charge in [-0.3, -0.25) is 14.2 Å². The number of hydrogen-bond acceptors (Lipinski definition) is 6. The molecule has 31 heavy (non-hydrogen) atoms. The molecule has 0 amide bonds. The predicted molar refractivity (Wildman–Crippen MR) is 114 cm³/mol. The van der Waals surface area contributed by atoms with Crippen molar-refractivity contribution in [2.24, 2.45) is 0 Å². The number of fused-ring (bicyclic) bond motifs is 3. The molecule has 0 atom stereocenters. The molecule has 8 nitrogen and oxygen atoms in total. The third-order valence-electron chi connectivity index (χ3n) is 5.36. The molecule has 0 aliphatic carbocycles. The topological polar surface area (TPSA) is 101 Å². The monoisotopic (exact) mass is 422 g/mol. The molecule has 1 saturated heterocycles. The number of nitrogens with zero attached hydrogens (tertiary/aromatic N) is 3. The molecular weight excluding hydrogens is 403 g/mol. The van der Waals surface area contributed by atoms with Crippen LogP contribution in [-0.4, -0.2) is 39.9 Å². The fraction of sp³-hybridized carbons (Fsp3) is 0.227. The summed E-state index contributed by atoms with van der Waals surface area (Å²) in [5, 5.41) is 14.2. The van der Waals surface area contributed by atoms with E-state index in [0.717, 1.165) is 32.1 Å². The molecule has 2 aromatic carbocycles. The summed E-state index contributed by atoms with van der Waals surface area (Å²) in [6.45, 7) is -0.0127. The molecule has 158 valence electrons. The van der Waals surface area contributed by atoms with E-state index in [1.165, 1.54) is 6.20 Å². The zero-order chi connectivity index (χ0) is 21.5. The number of furan rings is 1. The lowest BCUT2D eigenvalue weighted by molar-refractivity contribution is -0.137. The summed E-state index contributed by atoms with van der Waals surface area (Å²) in [6, 6.07) is 13.5. The molecule has 4 aromatic rings. The van der Waals surface area contributed by atoms with Crippen LogP contribution in [-0.2, 0) is 17.9 Å². The summed E-state index contributed by atoms with van der Waals surface area (Å²) in [5.41, 5.74) is 2.18. The number of para-hydroxylation sites is 1. The number of carbonyl (C=O) groups is 1. The maximum atomic E-state index is 13.2. The Bertz CT molecular complexity index is 1360. The van der Waals surface area contributed by atoms with E-state index in [2.05, 4.69) is 10.3 Å². The van der Waals surface area contributed by atoms with Gasteiger partial charge in [0, 0.05) is 17.3 Å². The molecule has 1 aliphatic heterocycles. The number of carboxylic acids is 1. The second kappa shape index (κ2) is 7.42. The van der Waals surface area contributed by atoms with Crippen LogP contribution in [0.15, 0.2) is 57.9 Å². The molecule has 0 radical (unpaired) electrons. The summed E-state index contributed by atoms with van der Waals surface area (Å²) >= 11 is 0. The van der Waals surface area contributed by atoms with Gasteiger partial charge in [0.1, 0.15) is 29.6 Å². The summed E-state index contributed by atoms with van der Waals surface area (Å²) in [7, 11) is 0. The van der Waals surface area contributed by atoms with Crippen LogP contribution in [0.1, 0.15) is 5.56 Å². The van der Waals surface area contributed by atoms with Crippen molar-refractivity contribution < 1.29 is 18.7 Å². The normalized spacial score (nSPS) is 14.2. The number of nitrogens with one attached hydrogen (secondary N) is 1. The third kappa shape index (κ3) is 3.48. The maximum Gasteiger partial charge on any atom is 0.323 e. The van der Waals surface area contributed by atoms with Crippen molar-refractivity contribution in [3.8, 4) is 0 Å². The number of aliphatic carboxylic acids is 1. The van der Waals surface area contributed by atoms with E-state index in [1.54, 1.807) is 4.90 Å². The Balaban J connectivity index is 1.42. The molecule has 1 aliphatic rings. The average Bonchev–Trinajstić information content (AvgIpc) is 3.10. The molecule has 3 heterocycles. The molecule has 0 bridgehead atoms. The first-order valence-electron chi connectivity index (χ1n) is 9.84. The van der Waals surface area contributed by atoms with Gasteiger partial charge in [0.05, 0.1) is 19.3 Å².